The van der Waals surface area contributed by atoms with Crippen molar-refractivity contribution in [1.29, 1.82) is 0 Å². The van der Waals surface area contributed by atoms with Crippen LogP contribution in [0.15, 0.2) is 167 Å². The summed E-state index contributed by atoms with van der Waals surface area (Å²) in [5.41, 5.74) is 4.08. The molecule has 7 rings (SSSR count). The van der Waals surface area contributed by atoms with Crippen LogP contribution in [0.3, 0.4) is 0 Å². The molecule has 0 spiro atoms. The lowest BCUT2D eigenvalue weighted by Gasteiger charge is -1.95. The van der Waals surface area contributed by atoms with E-state index in [9.17, 15) is 0 Å². The first kappa shape index (κ1) is 27.7. The van der Waals surface area contributed by atoms with Gasteiger partial charge in [0.15, 0.2) is 11.5 Å². The first-order chi connectivity index (χ1) is 20.7. The number of phenols is 2. The van der Waals surface area contributed by atoms with E-state index in [2.05, 4.69) is 9.97 Å². The summed E-state index contributed by atoms with van der Waals surface area (Å²) in [7, 11) is 0. The van der Waals surface area contributed by atoms with Crippen molar-refractivity contribution >= 4 is 0 Å². The van der Waals surface area contributed by atoms with E-state index < -0.39 is 0 Å². The fraction of sp³-hybridized carbons (Fsp3) is 0. The molecule has 0 saturated carbocycles. The Morgan fingerprint density at radius 1 is 0.357 bits per heavy atom. The van der Waals surface area contributed by atoms with Gasteiger partial charge in [-0.3, -0.25) is 0 Å². The average molecular weight is 553 g/mol. The third-order valence-corrected chi connectivity index (χ3v) is 6.02. The Balaban J connectivity index is 0.000000135. The predicted octanol–water partition coefficient (Wildman–Crippen LogP) is 9.12. The van der Waals surface area contributed by atoms with Gasteiger partial charge in [-0.05, 0) is 48.5 Å². The van der Waals surface area contributed by atoms with Crippen LogP contribution in [0.2, 0.25) is 0 Å². The first-order valence-corrected chi connectivity index (χ1v) is 13.3. The number of hydrogen-bond acceptors (Lipinski definition) is 6. The van der Waals surface area contributed by atoms with Crippen LogP contribution in [0, 0.1) is 0 Å². The van der Waals surface area contributed by atoms with Crippen LogP contribution in [-0.2, 0) is 0 Å². The van der Waals surface area contributed by atoms with Gasteiger partial charge in [-0.15, -0.1) is 0 Å². The van der Waals surface area contributed by atoms with Crippen molar-refractivity contribution in [3.05, 3.63) is 158 Å². The van der Waals surface area contributed by atoms with E-state index in [4.69, 9.17) is 19.0 Å². The molecule has 0 aliphatic carbocycles. The fourth-order valence-corrected chi connectivity index (χ4v) is 3.90. The lowest BCUT2D eigenvalue weighted by atomic mass is 10.2. The standard InChI is InChI=1S/2C15H11NO.C6H6O2/c2*1-3-7-12(8-4-1)14-11-16-15(17-14)13-9-5-2-6-10-13;7-5-1-2-6(8)4-3-5/h2*1-11H;1-4,7-8H. The average Bonchev–Trinajstić information content (AvgIpc) is 3.76. The second kappa shape index (κ2) is 14.0. The van der Waals surface area contributed by atoms with Crippen LogP contribution in [0.25, 0.3) is 45.6 Å². The molecule has 6 nitrogen and oxygen atoms in total. The smallest absolute Gasteiger partial charge is 0.226 e. The molecule has 42 heavy (non-hydrogen) atoms. The molecule has 2 aromatic heterocycles. The van der Waals surface area contributed by atoms with E-state index in [1.807, 2.05) is 121 Å². The maximum absolute atomic E-state index is 8.65. The molecular formula is C36H28N2O4. The van der Waals surface area contributed by atoms with Gasteiger partial charge < -0.3 is 19.0 Å². The Hall–Kier alpha value is -5.88. The molecule has 0 aliphatic heterocycles. The summed E-state index contributed by atoms with van der Waals surface area (Å²) in [6, 6.07) is 45.4. The molecule has 206 valence electrons. The first-order valence-electron chi connectivity index (χ1n) is 13.3. The monoisotopic (exact) mass is 552 g/mol. The van der Waals surface area contributed by atoms with Crippen LogP contribution >= 0.6 is 0 Å². The summed E-state index contributed by atoms with van der Waals surface area (Å²) in [4.78, 5) is 8.59. The highest BCUT2D eigenvalue weighted by Gasteiger charge is 2.08. The molecular weight excluding hydrogens is 524 g/mol. The zero-order chi connectivity index (χ0) is 29.0. The van der Waals surface area contributed by atoms with Crippen LogP contribution < -0.4 is 0 Å². The maximum Gasteiger partial charge on any atom is 0.226 e. The normalized spacial score (nSPS) is 10.1. The Morgan fingerprint density at radius 3 is 0.952 bits per heavy atom. The van der Waals surface area contributed by atoms with Gasteiger partial charge in [0.25, 0.3) is 0 Å². The Kier molecular flexibility index (Phi) is 9.20. The molecule has 0 aliphatic rings. The zero-order valence-electron chi connectivity index (χ0n) is 22.6. The lowest BCUT2D eigenvalue weighted by Crippen LogP contribution is -1.73. The van der Waals surface area contributed by atoms with Gasteiger partial charge >= 0.3 is 0 Å². The van der Waals surface area contributed by atoms with Crippen molar-refractivity contribution < 1.29 is 19.0 Å². The quantitative estimate of drug-likeness (QED) is 0.212. The molecule has 5 aromatic carbocycles. The van der Waals surface area contributed by atoms with Crippen LogP contribution in [-0.4, -0.2) is 20.2 Å². The molecule has 6 heteroatoms. The highest BCUT2D eigenvalue weighted by molar-refractivity contribution is 5.61. The van der Waals surface area contributed by atoms with E-state index in [1.165, 1.54) is 24.3 Å². The minimum atomic E-state index is 0.169. The Morgan fingerprint density at radius 2 is 0.643 bits per heavy atom. The molecule has 0 bridgehead atoms. The topological polar surface area (TPSA) is 92.5 Å². The van der Waals surface area contributed by atoms with Crippen LogP contribution in [0.5, 0.6) is 11.5 Å². The Bertz CT molecular complexity index is 1520. The number of aromatic nitrogens is 2. The number of benzene rings is 5. The largest absolute Gasteiger partial charge is 0.508 e. The number of oxazole rings is 2. The summed E-state index contributed by atoms with van der Waals surface area (Å²) in [6.07, 6.45) is 3.52. The van der Waals surface area contributed by atoms with Gasteiger partial charge in [0.1, 0.15) is 11.5 Å². The van der Waals surface area contributed by atoms with Gasteiger partial charge in [-0.25, -0.2) is 9.97 Å². The maximum atomic E-state index is 8.65. The molecule has 0 fully saturated rings. The highest BCUT2D eigenvalue weighted by Crippen LogP contribution is 2.26. The van der Waals surface area contributed by atoms with Crippen molar-refractivity contribution in [2.24, 2.45) is 0 Å². The van der Waals surface area contributed by atoms with E-state index in [0.717, 1.165) is 33.8 Å². The minimum Gasteiger partial charge on any atom is -0.508 e. The summed E-state index contributed by atoms with van der Waals surface area (Å²) < 4.78 is 11.5. The molecule has 0 saturated heterocycles. The third kappa shape index (κ3) is 7.61. The summed E-state index contributed by atoms with van der Waals surface area (Å²) >= 11 is 0. The zero-order valence-corrected chi connectivity index (χ0v) is 22.6. The van der Waals surface area contributed by atoms with Crippen molar-refractivity contribution in [1.82, 2.24) is 9.97 Å². The van der Waals surface area contributed by atoms with Gasteiger partial charge in [0.05, 0.1) is 12.4 Å². The SMILES string of the molecule is Oc1ccc(O)cc1.c1ccc(-c2cnc(-c3ccccc3)o2)cc1.c1ccc(-c2cnc(-c3ccccc3)o2)cc1. The molecule has 0 atom stereocenters. The van der Waals surface area contributed by atoms with Gasteiger partial charge in [-0.1, -0.05) is 97.1 Å². The third-order valence-electron chi connectivity index (χ3n) is 6.02. The molecule has 2 N–H and O–H groups in total. The van der Waals surface area contributed by atoms with E-state index in [1.54, 1.807) is 12.4 Å². The number of hydrogen-bond donors (Lipinski definition) is 2. The molecule has 2 heterocycles. The van der Waals surface area contributed by atoms with E-state index >= 15 is 0 Å². The highest BCUT2D eigenvalue weighted by atomic mass is 16.4. The second-order valence-corrected chi connectivity index (χ2v) is 9.04. The second-order valence-electron chi connectivity index (χ2n) is 9.04. The van der Waals surface area contributed by atoms with Crippen molar-refractivity contribution in [3.63, 3.8) is 0 Å². The van der Waals surface area contributed by atoms with Crippen molar-refractivity contribution in [2.45, 2.75) is 0 Å². The van der Waals surface area contributed by atoms with Gasteiger partial charge in [0, 0.05) is 22.3 Å². The summed E-state index contributed by atoms with van der Waals surface area (Å²) in [6.45, 7) is 0. The van der Waals surface area contributed by atoms with Crippen molar-refractivity contribution in [2.75, 3.05) is 0 Å². The number of rotatable bonds is 4. The van der Waals surface area contributed by atoms with Crippen molar-refractivity contribution in [3.8, 4) is 57.1 Å². The minimum absolute atomic E-state index is 0.169. The van der Waals surface area contributed by atoms with E-state index in [0.29, 0.717) is 11.8 Å². The molecule has 0 unspecified atom stereocenters. The molecule has 0 radical (unpaired) electrons. The summed E-state index contributed by atoms with van der Waals surface area (Å²) in [5, 5.41) is 17.3. The summed E-state index contributed by atoms with van der Waals surface area (Å²) in [5.74, 6) is 3.24. The predicted molar refractivity (Wildman–Crippen MR) is 165 cm³/mol. The number of nitrogens with zero attached hydrogens (tertiary/aromatic N) is 2. The van der Waals surface area contributed by atoms with E-state index in [-0.39, 0.29) is 11.5 Å². The number of aromatic hydroxyl groups is 2. The Labute approximate surface area is 243 Å². The molecule has 7 aromatic rings. The van der Waals surface area contributed by atoms with Crippen LogP contribution in [0.4, 0.5) is 0 Å². The van der Waals surface area contributed by atoms with Gasteiger partial charge in [0.2, 0.25) is 11.8 Å². The number of phenolic OH excluding ortho intramolecular Hbond substituents is 2. The van der Waals surface area contributed by atoms with Crippen LogP contribution in [0.1, 0.15) is 0 Å². The molecule has 0 amide bonds. The lowest BCUT2D eigenvalue weighted by molar-refractivity contribution is 0.460. The fourth-order valence-electron chi connectivity index (χ4n) is 3.90. The van der Waals surface area contributed by atoms with Gasteiger partial charge in [-0.2, -0.15) is 0 Å².